The number of carboxylic acids is 1. The maximum Gasteiger partial charge on any atom is 0.335 e. The predicted octanol–water partition coefficient (Wildman–Crippen LogP) is 1.22. The van der Waals surface area contributed by atoms with Crippen molar-refractivity contribution in [3.05, 3.63) is 35.0 Å². The Bertz CT molecular complexity index is 615. The fourth-order valence-corrected chi connectivity index (χ4v) is 5.18. The molecule has 2 N–H and O–H groups in total. The fourth-order valence-electron chi connectivity index (χ4n) is 2.32. The maximum absolute atomic E-state index is 12.6. The molecule has 0 spiro atoms. The largest absolute Gasteiger partial charge is 0.479 e. The van der Waals surface area contributed by atoms with Crippen molar-refractivity contribution < 1.29 is 23.4 Å². The molecule has 0 aliphatic carbocycles. The van der Waals surface area contributed by atoms with E-state index in [4.69, 9.17) is 5.11 Å². The standard InChI is InChI=1S/C13H17NO5S2/c1-2-11(10-4-3-9-20-10)21(18,19)14-7-5-13(17,6-8-14)12(15)16/h2-4,9,11,17H,1,5-8H2,(H,15,16). The third kappa shape index (κ3) is 3.03. The van der Waals surface area contributed by atoms with Crippen LogP contribution in [0.3, 0.4) is 0 Å². The smallest absolute Gasteiger partial charge is 0.335 e. The molecule has 6 nitrogen and oxygen atoms in total. The lowest BCUT2D eigenvalue weighted by atomic mass is 9.93. The summed E-state index contributed by atoms with van der Waals surface area (Å²) < 4.78 is 26.5. The zero-order valence-corrected chi connectivity index (χ0v) is 12.9. The number of carboxylic acid groups (broad SMARTS) is 1. The van der Waals surface area contributed by atoms with Gasteiger partial charge < -0.3 is 10.2 Å². The third-order valence-electron chi connectivity index (χ3n) is 3.67. The Morgan fingerprint density at radius 3 is 2.52 bits per heavy atom. The van der Waals surface area contributed by atoms with Gasteiger partial charge in [-0.1, -0.05) is 12.1 Å². The van der Waals surface area contributed by atoms with E-state index in [1.54, 1.807) is 17.5 Å². The van der Waals surface area contributed by atoms with Gasteiger partial charge in [-0.15, -0.1) is 17.9 Å². The Hall–Kier alpha value is -1.22. The van der Waals surface area contributed by atoms with Gasteiger partial charge in [0.15, 0.2) is 5.60 Å². The lowest BCUT2D eigenvalue weighted by Gasteiger charge is -2.35. The van der Waals surface area contributed by atoms with E-state index in [1.165, 1.54) is 21.7 Å². The molecule has 1 aromatic heterocycles. The highest BCUT2D eigenvalue weighted by Gasteiger charge is 2.43. The molecule has 1 aliphatic heterocycles. The SMILES string of the molecule is C=CC(c1cccs1)S(=O)(=O)N1CCC(O)(C(=O)O)CC1. The van der Waals surface area contributed by atoms with Gasteiger partial charge in [-0.05, 0) is 11.4 Å². The molecule has 1 saturated heterocycles. The second-order valence-corrected chi connectivity index (χ2v) is 7.99. The van der Waals surface area contributed by atoms with Crippen LogP contribution in [0.4, 0.5) is 0 Å². The molecule has 8 heteroatoms. The molecule has 1 unspecified atom stereocenters. The summed E-state index contributed by atoms with van der Waals surface area (Å²) in [6, 6.07) is 3.50. The van der Waals surface area contributed by atoms with Crippen LogP contribution in [-0.2, 0) is 14.8 Å². The third-order valence-corrected chi connectivity index (χ3v) is 6.94. The number of rotatable bonds is 5. The average Bonchev–Trinajstić information content (AvgIpc) is 2.93. The molecule has 0 radical (unpaired) electrons. The van der Waals surface area contributed by atoms with Crippen molar-refractivity contribution in [1.29, 1.82) is 0 Å². The number of hydrogen-bond donors (Lipinski definition) is 2. The van der Waals surface area contributed by atoms with Crippen LogP contribution in [0.15, 0.2) is 30.2 Å². The van der Waals surface area contributed by atoms with Crippen molar-refractivity contribution in [3.8, 4) is 0 Å². The van der Waals surface area contributed by atoms with E-state index >= 15 is 0 Å². The first-order valence-corrected chi connectivity index (χ1v) is 8.80. The highest BCUT2D eigenvalue weighted by Crippen LogP contribution is 2.33. The monoisotopic (exact) mass is 331 g/mol. The summed E-state index contributed by atoms with van der Waals surface area (Å²) in [6.45, 7) is 3.57. The van der Waals surface area contributed by atoms with Crippen LogP contribution >= 0.6 is 11.3 Å². The van der Waals surface area contributed by atoms with E-state index in [1.807, 2.05) is 0 Å². The van der Waals surface area contributed by atoms with E-state index in [-0.39, 0.29) is 25.9 Å². The van der Waals surface area contributed by atoms with E-state index < -0.39 is 26.8 Å². The summed E-state index contributed by atoms with van der Waals surface area (Å²) in [7, 11) is -3.65. The van der Waals surface area contributed by atoms with Crippen molar-refractivity contribution in [3.63, 3.8) is 0 Å². The Morgan fingerprint density at radius 2 is 2.10 bits per heavy atom. The van der Waals surface area contributed by atoms with E-state index in [2.05, 4.69) is 6.58 Å². The molecule has 2 rings (SSSR count). The molecule has 1 aliphatic rings. The fraction of sp³-hybridized carbons (Fsp3) is 0.462. The number of thiophene rings is 1. The number of hydrogen-bond acceptors (Lipinski definition) is 5. The highest BCUT2D eigenvalue weighted by atomic mass is 32.2. The summed E-state index contributed by atoms with van der Waals surface area (Å²) in [5.74, 6) is -1.31. The van der Waals surface area contributed by atoms with Gasteiger partial charge in [0.2, 0.25) is 10.0 Å². The summed E-state index contributed by atoms with van der Waals surface area (Å²) in [5, 5.41) is 19.8. The first kappa shape index (κ1) is 16.2. The molecule has 1 aromatic rings. The minimum atomic E-state index is -3.65. The van der Waals surface area contributed by atoms with Crippen LogP contribution in [0.5, 0.6) is 0 Å². The second kappa shape index (κ2) is 5.88. The van der Waals surface area contributed by atoms with Gasteiger partial charge in [0.05, 0.1) is 0 Å². The Balaban J connectivity index is 2.18. The molecule has 0 amide bonds. The molecule has 21 heavy (non-hydrogen) atoms. The van der Waals surface area contributed by atoms with Crippen LogP contribution in [0.25, 0.3) is 0 Å². The van der Waals surface area contributed by atoms with Crippen LogP contribution < -0.4 is 0 Å². The number of carbonyl (C=O) groups is 1. The summed E-state index contributed by atoms with van der Waals surface area (Å²) in [5.41, 5.74) is -1.83. The molecular weight excluding hydrogens is 314 g/mol. The van der Waals surface area contributed by atoms with Gasteiger partial charge >= 0.3 is 5.97 Å². The van der Waals surface area contributed by atoms with E-state index in [0.29, 0.717) is 4.88 Å². The van der Waals surface area contributed by atoms with Crippen LogP contribution in [0.2, 0.25) is 0 Å². The molecule has 0 saturated carbocycles. The number of aliphatic carboxylic acids is 1. The quantitative estimate of drug-likeness (QED) is 0.791. The van der Waals surface area contributed by atoms with E-state index in [0.717, 1.165) is 0 Å². The molecule has 2 heterocycles. The topological polar surface area (TPSA) is 94.9 Å². The zero-order chi connectivity index (χ0) is 15.7. The zero-order valence-electron chi connectivity index (χ0n) is 11.3. The molecule has 0 aromatic carbocycles. The lowest BCUT2D eigenvalue weighted by molar-refractivity contribution is -0.162. The number of sulfonamides is 1. The first-order chi connectivity index (χ1) is 9.81. The molecule has 1 atom stereocenters. The van der Waals surface area contributed by atoms with Gasteiger partial charge in [-0.2, -0.15) is 0 Å². The number of nitrogens with zero attached hydrogens (tertiary/aromatic N) is 1. The summed E-state index contributed by atoms with van der Waals surface area (Å²) in [4.78, 5) is 11.6. The normalized spacial score (nSPS) is 20.8. The summed E-state index contributed by atoms with van der Waals surface area (Å²) >= 11 is 1.33. The number of piperidine rings is 1. The minimum absolute atomic E-state index is 0.0130. The van der Waals surface area contributed by atoms with Crippen molar-refractivity contribution in [2.24, 2.45) is 0 Å². The lowest BCUT2D eigenvalue weighted by Crippen LogP contribution is -2.51. The molecule has 116 valence electrons. The van der Waals surface area contributed by atoms with Crippen LogP contribution in [0, 0.1) is 0 Å². The van der Waals surface area contributed by atoms with Gasteiger partial charge in [0.25, 0.3) is 0 Å². The Morgan fingerprint density at radius 1 is 1.48 bits per heavy atom. The Labute approximate surface area is 127 Å². The van der Waals surface area contributed by atoms with Crippen LogP contribution in [-0.4, -0.2) is 47.6 Å². The summed E-state index contributed by atoms with van der Waals surface area (Å²) in [6.07, 6.45) is 1.14. The molecule has 0 bridgehead atoms. The van der Waals surface area contributed by atoms with Gasteiger partial charge in [-0.25, -0.2) is 17.5 Å². The van der Waals surface area contributed by atoms with Crippen molar-refractivity contribution in [2.75, 3.05) is 13.1 Å². The van der Waals surface area contributed by atoms with Crippen molar-refractivity contribution >= 4 is 27.3 Å². The van der Waals surface area contributed by atoms with Gasteiger partial charge in [-0.3, -0.25) is 0 Å². The van der Waals surface area contributed by atoms with Crippen molar-refractivity contribution in [2.45, 2.75) is 23.7 Å². The molecular formula is C13H17NO5S2. The Kier molecular flexibility index (Phi) is 4.52. The van der Waals surface area contributed by atoms with Crippen LogP contribution in [0.1, 0.15) is 23.0 Å². The average molecular weight is 331 g/mol. The predicted molar refractivity (Wildman–Crippen MR) is 79.6 cm³/mol. The minimum Gasteiger partial charge on any atom is -0.479 e. The van der Waals surface area contributed by atoms with E-state index in [9.17, 15) is 18.3 Å². The molecule has 1 fully saturated rings. The van der Waals surface area contributed by atoms with Gasteiger partial charge in [0, 0.05) is 30.8 Å². The van der Waals surface area contributed by atoms with Gasteiger partial charge in [0.1, 0.15) is 5.25 Å². The maximum atomic E-state index is 12.6. The first-order valence-electron chi connectivity index (χ1n) is 6.42. The highest BCUT2D eigenvalue weighted by molar-refractivity contribution is 7.89. The second-order valence-electron chi connectivity index (χ2n) is 4.95. The van der Waals surface area contributed by atoms with Crippen molar-refractivity contribution in [1.82, 2.24) is 4.31 Å². The number of aliphatic hydroxyl groups is 1.